The summed E-state index contributed by atoms with van der Waals surface area (Å²) in [7, 11) is 4.09. The van der Waals surface area contributed by atoms with Gasteiger partial charge in [0, 0.05) is 7.62 Å². The van der Waals surface area contributed by atoms with Crippen molar-refractivity contribution in [3.05, 3.63) is 29.5 Å². The standard InChI is InChI=1S/C17H25N3O.H2/c1-5-7-13-10-14-11-17(6-2,8-9-20(3)4)16(21)19-15(14)18-12-13;/h5,7,10,12H,6,8-9,11H2,1-4H3,(H,18,19,21);1H/b7-5+;. The number of nitrogens with one attached hydrogen (secondary N) is 1. The minimum absolute atomic E-state index is 0. The Morgan fingerprint density at radius 1 is 1.52 bits per heavy atom. The van der Waals surface area contributed by atoms with E-state index in [2.05, 4.69) is 28.2 Å². The molecule has 0 radical (unpaired) electrons. The Bertz CT molecular complexity index is 557. The lowest BCUT2D eigenvalue weighted by Gasteiger charge is -2.36. The van der Waals surface area contributed by atoms with Crippen LogP contribution in [0.15, 0.2) is 18.3 Å². The third-order valence-corrected chi connectivity index (χ3v) is 4.30. The molecule has 1 aromatic heterocycles. The Hall–Kier alpha value is -1.68. The summed E-state index contributed by atoms with van der Waals surface area (Å²) in [6.07, 6.45) is 8.34. The number of nitrogens with zero attached hydrogens (tertiary/aromatic N) is 2. The van der Waals surface area contributed by atoms with Crippen molar-refractivity contribution in [1.29, 1.82) is 0 Å². The summed E-state index contributed by atoms with van der Waals surface area (Å²) in [5, 5.41) is 3.00. The lowest BCUT2D eigenvalue weighted by molar-refractivity contribution is -0.127. The number of amides is 1. The van der Waals surface area contributed by atoms with Crippen molar-refractivity contribution in [3.8, 4) is 0 Å². The van der Waals surface area contributed by atoms with Crippen molar-refractivity contribution in [2.24, 2.45) is 5.41 Å². The maximum Gasteiger partial charge on any atom is 0.232 e. The average molecular weight is 289 g/mol. The predicted octanol–water partition coefficient (Wildman–Crippen LogP) is 3.20. The summed E-state index contributed by atoms with van der Waals surface area (Å²) >= 11 is 0. The molecule has 0 aromatic carbocycles. The van der Waals surface area contributed by atoms with E-state index >= 15 is 0 Å². The van der Waals surface area contributed by atoms with Crippen molar-refractivity contribution in [1.82, 2.24) is 9.88 Å². The number of fused-ring (bicyclic) bond motifs is 1. The molecule has 4 nitrogen and oxygen atoms in total. The van der Waals surface area contributed by atoms with Crippen molar-refractivity contribution in [2.45, 2.75) is 33.1 Å². The Balaban J connectivity index is 0.00000242. The van der Waals surface area contributed by atoms with Gasteiger partial charge in [0.25, 0.3) is 0 Å². The lowest BCUT2D eigenvalue weighted by Crippen LogP contribution is -2.43. The fraction of sp³-hybridized carbons (Fsp3) is 0.529. The van der Waals surface area contributed by atoms with Crippen LogP contribution in [0.4, 0.5) is 5.82 Å². The summed E-state index contributed by atoms with van der Waals surface area (Å²) in [6.45, 7) is 5.01. The first kappa shape index (κ1) is 15.7. The van der Waals surface area contributed by atoms with Crippen LogP contribution in [0, 0.1) is 5.41 Å². The van der Waals surface area contributed by atoms with Gasteiger partial charge in [-0.15, -0.1) is 0 Å². The molecular weight excluding hydrogens is 262 g/mol. The molecule has 0 fully saturated rings. The zero-order valence-corrected chi connectivity index (χ0v) is 13.4. The first-order valence-corrected chi connectivity index (χ1v) is 7.58. The molecule has 116 valence electrons. The summed E-state index contributed by atoms with van der Waals surface area (Å²) in [5.74, 6) is 0.841. The van der Waals surface area contributed by atoms with Gasteiger partial charge in [-0.25, -0.2) is 4.98 Å². The molecule has 2 rings (SSSR count). The van der Waals surface area contributed by atoms with Crippen molar-refractivity contribution >= 4 is 17.8 Å². The normalized spacial score (nSPS) is 21.7. The molecule has 1 N–H and O–H groups in total. The number of pyridine rings is 1. The van der Waals surface area contributed by atoms with Gasteiger partial charge in [-0.3, -0.25) is 4.79 Å². The van der Waals surface area contributed by atoms with E-state index in [1.54, 1.807) is 6.20 Å². The van der Waals surface area contributed by atoms with Crippen LogP contribution in [0.2, 0.25) is 0 Å². The zero-order chi connectivity index (χ0) is 15.5. The number of carbonyl (C=O) groups excluding carboxylic acids is 1. The highest BCUT2D eigenvalue weighted by atomic mass is 16.2. The maximum atomic E-state index is 12.5. The van der Waals surface area contributed by atoms with E-state index in [1.807, 2.05) is 33.2 Å². The van der Waals surface area contributed by atoms with Crippen LogP contribution in [0.3, 0.4) is 0 Å². The molecule has 1 aliphatic heterocycles. The van der Waals surface area contributed by atoms with Crippen LogP contribution in [-0.2, 0) is 11.2 Å². The fourth-order valence-electron chi connectivity index (χ4n) is 2.85. The van der Waals surface area contributed by atoms with E-state index < -0.39 is 0 Å². The van der Waals surface area contributed by atoms with Gasteiger partial charge in [0.2, 0.25) is 5.91 Å². The number of aromatic nitrogens is 1. The summed E-state index contributed by atoms with van der Waals surface area (Å²) in [4.78, 5) is 19.1. The predicted molar refractivity (Wildman–Crippen MR) is 89.3 cm³/mol. The van der Waals surface area contributed by atoms with E-state index in [4.69, 9.17) is 0 Å². The summed E-state index contributed by atoms with van der Waals surface area (Å²) in [6, 6.07) is 2.14. The van der Waals surface area contributed by atoms with E-state index in [9.17, 15) is 4.79 Å². The van der Waals surface area contributed by atoms with Crippen LogP contribution < -0.4 is 5.32 Å². The number of allylic oxidation sites excluding steroid dienone is 1. The van der Waals surface area contributed by atoms with Crippen molar-refractivity contribution < 1.29 is 6.22 Å². The second kappa shape index (κ2) is 6.39. The Morgan fingerprint density at radius 3 is 2.90 bits per heavy atom. The molecule has 0 spiro atoms. The van der Waals surface area contributed by atoms with Gasteiger partial charge < -0.3 is 10.2 Å². The molecule has 2 heterocycles. The second-order valence-electron chi connectivity index (χ2n) is 6.09. The fourth-order valence-corrected chi connectivity index (χ4v) is 2.85. The molecule has 1 atom stereocenters. The van der Waals surface area contributed by atoms with E-state index in [0.717, 1.165) is 42.8 Å². The maximum absolute atomic E-state index is 12.5. The largest absolute Gasteiger partial charge is 0.310 e. The lowest BCUT2D eigenvalue weighted by atomic mass is 9.73. The highest BCUT2D eigenvalue weighted by molar-refractivity contribution is 5.97. The molecule has 0 aliphatic carbocycles. The zero-order valence-electron chi connectivity index (χ0n) is 13.4. The van der Waals surface area contributed by atoms with Gasteiger partial charge >= 0.3 is 0 Å². The number of hydrogen-bond donors (Lipinski definition) is 1. The van der Waals surface area contributed by atoms with Gasteiger partial charge in [-0.2, -0.15) is 0 Å². The van der Waals surface area contributed by atoms with Gasteiger partial charge in [0.05, 0.1) is 5.41 Å². The molecule has 0 saturated carbocycles. The SMILES string of the molecule is C/C=C/c1cnc2c(c1)CC(CC)(CCN(C)C)C(=O)N2.[HH]. The number of rotatable bonds is 5. The highest BCUT2D eigenvalue weighted by Crippen LogP contribution is 2.38. The minimum atomic E-state index is -0.312. The van der Waals surface area contributed by atoms with Crippen LogP contribution in [-0.4, -0.2) is 36.4 Å². The monoisotopic (exact) mass is 289 g/mol. The van der Waals surface area contributed by atoms with Gasteiger partial charge in [-0.05, 0) is 64.0 Å². The number of anilines is 1. The topological polar surface area (TPSA) is 45.2 Å². The van der Waals surface area contributed by atoms with Gasteiger partial charge in [0.1, 0.15) is 5.82 Å². The first-order valence-electron chi connectivity index (χ1n) is 7.58. The summed E-state index contributed by atoms with van der Waals surface area (Å²) < 4.78 is 0. The Morgan fingerprint density at radius 2 is 2.29 bits per heavy atom. The van der Waals surface area contributed by atoms with Gasteiger partial charge in [-0.1, -0.05) is 19.1 Å². The molecule has 0 bridgehead atoms. The van der Waals surface area contributed by atoms with Crippen LogP contribution in [0.25, 0.3) is 6.08 Å². The smallest absolute Gasteiger partial charge is 0.232 e. The average Bonchev–Trinajstić information content (AvgIpc) is 2.46. The van der Waals surface area contributed by atoms with Crippen LogP contribution >= 0.6 is 0 Å². The van der Waals surface area contributed by atoms with Crippen LogP contribution in [0.1, 0.15) is 39.2 Å². The van der Waals surface area contributed by atoms with Crippen molar-refractivity contribution in [2.75, 3.05) is 26.0 Å². The molecule has 1 amide bonds. The van der Waals surface area contributed by atoms with E-state index in [1.165, 1.54) is 0 Å². The first-order chi connectivity index (χ1) is 10.0. The third-order valence-electron chi connectivity index (χ3n) is 4.30. The highest BCUT2D eigenvalue weighted by Gasteiger charge is 2.40. The molecule has 1 aromatic rings. The number of hydrogen-bond acceptors (Lipinski definition) is 3. The van der Waals surface area contributed by atoms with E-state index in [0.29, 0.717) is 0 Å². The summed E-state index contributed by atoms with van der Waals surface area (Å²) in [5.41, 5.74) is 1.92. The quantitative estimate of drug-likeness (QED) is 0.905. The van der Waals surface area contributed by atoms with Gasteiger partial charge in [0.15, 0.2) is 0 Å². The minimum Gasteiger partial charge on any atom is -0.310 e. The molecule has 1 aliphatic rings. The molecule has 4 heteroatoms. The molecule has 21 heavy (non-hydrogen) atoms. The molecule has 1 unspecified atom stereocenters. The third kappa shape index (κ3) is 3.32. The van der Waals surface area contributed by atoms with Crippen molar-refractivity contribution in [3.63, 3.8) is 0 Å². The van der Waals surface area contributed by atoms with E-state index in [-0.39, 0.29) is 12.7 Å². The molecular formula is C17H27N3O. The Labute approximate surface area is 128 Å². The molecule has 0 saturated heterocycles. The second-order valence-corrected chi connectivity index (χ2v) is 6.09. The Kier molecular flexibility index (Phi) is 4.78. The number of carbonyl (C=O) groups is 1. The van der Waals surface area contributed by atoms with Crippen LogP contribution in [0.5, 0.6) is 0 Å².